The van der Waals surface area contributed by atoms with E-state index in [4.69, 9.17) is 4.74 Å². The molecule has 0 aliphatic carbocycles. The monoisotopic (exact) mass is 169 g/mol. The van der Waals surface area contributed by atoms with Gasteiger partial charge in [-0.3, -0.25) is 4.79 Å². The van der Waals surface area contributed by atoms with E-state index in [2.05, 4.69) is 10.2 Å². The Morgan fingerprint density at radius 2 is 2.25 bits per heavy atom. The molecule has 12 heavy (non-hydrogen) atoms. The molecule has 0 spiro atoms. The standard InChI is InChI=1S/C7H11N3O2/c1-4-10-8-5(2)7(9-10)12-6(3)11/h4H2,1-3H3. The van der Waals surface area contributed by atoms with Crippen molar-refractivity contribution < 1.29 is 9.53 Å². The van der Waals surface area contributed by atoms with Crippen LogP contribution in [0.2, 0.25) is 0 Å². The molecule has 0 fully saturated rings. The normalized spacial score (nSPS) is 9.92. The van der Waals surface area contributed by atoms with Gasteiger partial charge in [0.25, 0.3) is 5.88 Å². The van der Waals surface area contributed by atoms with Crippen molar-refractivity contribution in [2.75, 3.05) is 0 Å². The first-order chi connectivity index (χ1) is 5.63. The fourth-order valence-corrected chi connectivity index (χ4v) is 0.787. The molecule has 0 amide bonds. The highest BCUT2D eigenvalue weighted by molar-refractivity contribution is 5.68. The van der Waals surface area contributed by atoms with E-state index in [0.29, 0.717) is 18.1 Å². The second-order valence-electron chi connectivity index (χ2n) is 2.37. The molecule has 0 N–H and O–H groups in total. The lowest BCUT2D eigenvalue weighted by molar-refractivity contribution is -0.132. The molecule has 5 nitrogen and oxygen atoms in total. The highest BCUT2D eigenvalue weighted by Crippen LogP contribution is 2.10. The minimum absolute atomic E-state index is 0.296. The number of aromatic nitrogens is 3. The van der Waals surface area contributed by atoms with Crippen LogP contribution in [0.25, 0.3) is 0 Å². The first-order valence-corrected chi connectivity index (χ1v) is 3.73. The third-order valence-electron chi connectivity index (χ3n) is 1.30. The summed E-state index contributed by atoms with van der Waals surface area (Å²) in [6.07, 6.45) is 0. The Morgan fingerprint density at radius 3 is 2.67 bits per heavy atom. The number of rotatable bonds is 2. The number of esters is 1. The molecular formula is C7H11N3O2. The second kappa shape index (κ2) is 3.34. The van der Waals surface area contributed by atoms with Crippen LogP contribution in [-0.2, 0) is 11.3 Å². The number of hydrogen-bond donors (Lipinski definition) is 0. The minimum Gasteiger partial charge on any atom is -0.404 e. The maximum atomic E-state index is 10.6. The predicted octanol–water partition coefficient (Wildman–Crippen LogP) is 0.532. The molecule has 0 aliphatic rings. The molecule has 1 aromatic heterocycles. The van der Waals surface area contributed by atoms with Crippen LogP contribution in [-0.4, -0.2) is 21.0 Å². The molecular weight excluding hydrogens is 158 g/mol. The van der Waals surface area contributed by atoms with Crippen LogP contribution in [0.4, 0.5) is 0 Å². The smallest absolute Gasteiger partial charge is 0.309 e. The molecule has 1 aromatic rings. The van der Waals surface area contributed by atoms with Crippen molar-refractivity contribution in [2.45, 2.75) is 27.3 Å². The van der Waals surface area contributed by atoms with Gasteiger partial charge in [0.1, 0.15) is 5.69 Å². The maximum absolute atomic E-state index is 10.6. The van der Waals surface area contributed by atoms with Gasteiger partial charge in [0.05, 0.1) is 6.54 Å². The molecule has 5 heteroatoms. The number of carbonyl (C=O) groups is 1. The Morgan fingerprint density at radius 1 is 1.58 bits per heavy atom. The van der Waals surface area contributed by atoms with Crippen LogP contribution >= 0.6 is 0 Å². The van der Waals surface area contributed by atoms with Gasteiger partial charge >= 0.3 is 5.97 Å². The van der Waals surface area contributed by atoms with Crippen LogP contribution in [0.3, 0.4) is 0 Å². The lowest BCUT2D eigenvalue weighted by atomic mass is 10.5. The summed E-state index contributed by atoms with van der Waals surface area (Å²) in [6.45, 7) is 5.67. The summed E-state index contributed by atoms with van der Waals surface area (Å²) in [6, 6.07) is 0. The van der Waals surface area contributed by atoms with Gasteiger partial charge in [-0.1, -0.05) is 0 Å². The zero-order valence-corrected chi connectivity index (χ0v) is 7.37. The van der Waals surface area contributed by atoms with E-state index in [1.165, 1.54) is 11.7 Å². The van der Waals surface area contributed by atoms with E-state index < -0.39 is 0 Å². The molecule has 0 atom stereocenters. The SMILES string of the molecule is CCn1nc(C)c(OC(C)=O)n1. The van der Waals surface area contributed by atoms with Crippen molar-refractivity contribution in [3.63, 3.8) is 0 Å². The highest BCUT2D eigenvalue weighted by atomic mass is 16.5. The average molecular weight is 169 g/mol. The number of ether oxygens (including phenoxy) is 1. The summed E-state index contributed by atoms with van der Waals surface area (Å²) < 4.78 is 4.79. The Kier molecular flexibility index (Phi) is 2.42. The summed E-state index contributed by atoms with van der Waals surface area (Å²) in [4.78, 5) is 12.0. The minimum atomic E-state index is -0.374. The predicted molar refractivity (Wildman–Crippen MR) is 41.7 cm³/mol. The summed E-state index contributed by atoms with van der Waals surface area (Å²) in [7, 11) is 0. The molecule has 0 aromatic carbocycles. The van der Waals surface area contributed by atoms with Gasteiger partial charge in [-0.2, -0.15) is 9.90 Å². The highest BCUT2D eigenvalue weighted by Gasteiger charge is 2.08. The zero-order valence-electron chi connectivity index (χ0n) is 7.37. The van der Waals surface area contributed by atoms with Crippen molar-refractivity contribution in [3.05, 3.63) is 5.69 Å². The lowest BCUT2D eigenvalue weighted by Gasteiger charge is -1.93. The molecule has 1 rings (SSSR count). The number of carbonyl (C=O) groups excluding carboxylic acids is 1. The van der Waals surface area contributed by atoms with E-state index in [-0.39, 0.29) is 5.97 Å². The first-order valence-electron chi connectivity index (χ1n) is 3.73. The van der Waals surface area contributed by atoms with E-state index in [1.54, 1.807) is 6.92 Å². The third kappa shape index (κ3) is 1.81. The Hall–Kier alpha value is -1.39. The van der Waals surface area contributed by atoms with Crippen molar-refractivity contribution in [1.29, 1.82) is 0 Å². The van der Waals surface area contributed by atoms with Gasteiger partial charge in [0, 0.05) is 6.92 Å². The van der Waals surface area contributed by atoms with Crippen LogP contribution in [0.5, 0.6) is 5.88 Å². The maximum Gasteiger partial charge on any atom is 0.309 e. The van der Waals surface area contributed by atoms with Gasteiger partial charge in [0.2, 0.25) is 0 Å². The van der Waals surface area contributed by atoms with Crippen LogP contribution < -0.4 is 4.74 Å². The van der Waals surface area contributed by atoms with E-state index >= 15 is 0 Å². The molecule has 0 saturated carbocycles. The number of hydrogen-bond acceptors (Lipinski definition) is 4. The van der Waals surface area contributed by atoms with Crippen LogP contribution in [0.1, 0.15) is 19.5 Å². The molecule has 0 radical (unpaired) electrons. The zero-order chi connectivity index (χ0) is 9.14. The van der Waals surface area contributed by atoms with Crippen molar-refractivity contribution in [3.8, 4) is 5.88 Å². The molecule has 1 heterocycles. The topological polar surface area (TPSA) is 57.0 Å². The number of aryl methyl sites for hydroxylation is 2. The molecule has 0 bridgehead atoms. The Bertz CT molecular complexity index is 293. The fraction of sp³-hybridized carbons (Fsp3) is 0.571. The average Bonchev–Trinajstić information content (AvgIpc) is 2.31. The van der Waals surface area contributed by atoms with E-state index in [0.717, 1.165) is 0 Å². The Labute approximate surface area is 70.3 Å². The Balaban J connectivity index is 2.84. The van der Waals surface area contributed by atoms with E-state index in [9.17, 15) is 4.79 Å². The van der Waals surface area contributed by atoms with Gasteiger partial charge in [-0.25, -0.2) is 0 Å². The van der Waals surface area contributed by atoms with Gasteiger partial charge in [-0.15, -0.1) is 5.10 Å². The fourth-order valence-electron chi connectivity index (χ4n) is 0.787. The second-order valence-corrected chi connectivity index (χ2v) is 2.37. The van der Waals surface area contributed by atoms with Crippen molar-refractivity contribution in [1.82, 2.24) is 15.0 Å². The molecule has 0 saturated heterocycles. The molecule has 0 unspecified atom stereocenters. The summed E-state index contributed by atoms with van der Waals surface area (Å²) >= 11 is 0. The summed E-state index contributed by atoms with van der Waals surface area (Å²) in [5, 5.41) is 7.94. The van der Waals surface area contributed by atoms with Gasteiger partial charge in [0.15, 0.2) is 0 Å². The summed E-state index contributed by atoms with van der Waals surface area (Å²) in [5.41, 5.74) is 0.632. The van der Waals surface area contributed by atoms with Crippen molar-refractivity contribution >= 4 is 5.97 Å². The summed E-state index contributed by atoms with van der Waals surface area (Å²) in [5.74, 6) is -0.0781. The number of nitrogens with zero attached hydrogens (tertiary/aromatic N) is 3. The lowest BCUT2D eigenvalue weighted by Crippen LogP contribution is -2.03. The van der Waals surface area contributed by atoms with Crippen molar-refractivity contribution in [2.24, 2.45) is 0 Å². The van der Waals surface area contributed by atoms with Gasteiger partial charge in [-0.05, 0) is 13.8 Å². The molecule has 66 valence electrons. The van der Waals surface area contributed by atoms with Crippen LogP contribution in [0, 0.1) is 6.92 Å². The first kappa shape index (κ1) is 8.70. The van der Waals surface area contributed by atoms with Gasteiger partial charge < -0.3 is 4.74 Å². The quantitative estimate of drug-likeness (QED) is 0.606. The van der Waals surface area contributed by atoms with E-state index in [1.807, 2.05) is 6.92 Å². The largest absolute Gasteiger partial charge is 0.404 e. The van der Waals surface area contributed by atoms with Crippen LogP contribution in [0.15, 0.2) is 0 Å². The molecule has 0 aliphatic heterocycles. The third-order valence-corrected chi connectivity index (χ3v) is 1.30.